The smallest absolute Gasteiger partial charge is 0.269 e. The first-order valence-corrected chi connectivity index (χ1v) is 11.4. The first-order chi connectivity index (χ1) is 14.7. The Bertz CT molecular complexity index is 973. The fraction of sp³-hybridized carbons (Fsp3) is 0.565. The number of carbonyl (C=O) groups excluding carboxylic acids is 1. The minimum absolute atomic E-state index is 0.164. The second-order valence-corrected chi connectivity index (χ2v) is 9.11. The quantitative estimate of drug-likeness (QED) is 0.605. The Morgan fingerprint density at radius 2 is 1.77 bits per heavy atom. The molecule has 0 radical (unpaired) electrons. The number of anilines is 1. The third-order valence-corrected chi connectivity index (χ3v) is 6.81. The second-order valence-electron chi connectivity index (χ2n) is 8.67. The van der Waals surface area contributed by atoms with Gasteiger partial charge in [0.15, 0.2) is 0 Å². The number of aryl methyl sites for hydroxylation is 1. The summed E-state index contributed by atoms with van der Waals surface area (Å²) >= 11 is 6.45. The fourth-order valence-electron chi connectivity index (χ4n) is 4.66. The highest BCUT2D eigenvalue weighted by Gasteiger charge is 2.28. The molecule has 1 fully saturated rings. The van der Waals surface area contributed by atoms with Crippen LogP contribution in [0.4, 0.5) is 5.69 Å². The minimum Gasteiger partial charge on any atom is -0.369 e. The van der Waals surface area contributed by atoms with E-state index in [2.05, 4.69) is 46.3 Å². The van der Waals surface area contributed by atoms with Crippen LogP contribution in [0.5, 0.6) is 0 Å². The maximum absolute atomic E-state index is 13.0. The highest BCUT2D eigenvalue weighted by molar-refractivity contribution is 6.31. The van der Waals surface area contributed by atoms with Crippen molar-refractivity contribution in [2.45, 2.75) is 65.1 Å². The molecule has 31 heavy (non-hydrogen) atoms. The number of halogens is 1. The number of aromatic nitrogens is 2. The van der Waals surface area contributed by atoms with Crippen molar-refractivity contribution in [1.82, 2.24) is 20.4 Å². The number of benzene rings is 1. The van der Waals surface area contributed by atoms with E-state index < -0.39 is 0 Å². The molecule has 170 valence electrons. The lowest BCUT2D eigenvalue weighted by molar-refractivity contribution is 0.0950. The highest BCUT2D eigenvalue weighted by Crippen LogP contribution is 2.34. The summed E-state index contributed by atoms with van der Waals surface area (Å²) in [6.45, 7) is 6.95. The van der Waals surface area contributed by atoms with Gasteiger partial charge in [0.05, 0.1) is 12.1 Å². The molecular weight excluding hydrogens is 414 g/mol. The fourth-order valence-corrected chi connectivity index (χ4v) is 4.87. The Hall–Kier alpha value is -2.25. The number of nitrogens with one attached hydrogen (secondary N) is 3. The molecule has 2 aromatic rings. The summed E-state index contributed by atoms with van der Waals surface area (Å²) in [4.78, 5) is 29.6. The molecule has 1 aliphatic carbocycles. The Morgan fingerprint density at radius 3 is 2.32 bits per heavy atom. The number of aromatic amines is 2. The largest absolute Gasteiger partial charge is 0.369 e. The lowest BCUT2D eigenvalue weighted by atomic mass is 9.89. The minimum atomic E-state index is -0.228. The second kappa shape index (κ2) is 9.92. The van der Waals surface area contributed by atoms with E-state index in [-0.39, 0.29) is 18.0 Å². The van der Waals surface area contributed by atoms with E-state index in [1.807, 2.05) is 13.0 Å². The molecule has 0 bridgehead atoms. The number of nitrogens with zero attached hydrogens (tertiary/aromatic N) is 2. The summed E-state index contributed by atoms with van der Waals surface area (Å²) in [5.41, 5.74) is 3.52. The molecule has 7 nitrogen and oxygen atoms in total. The molecule has 0 spiro atoms. The predicted octanol–water partition coefficient (Wildman–Crippen LogP) is 3.60. The summed E-state index contributed by atoms with van der Waals surface area (Å²) in [7, 11) is 4.30. The molecule has 1 aliphatic rings. The zero-order valence-corrected chi connectivity index (χ0v) is 19.9. The summed E-state index contributed by atoms with van der Waals surface area (Å²) in [5.74, 6) is -0.228. The van der Waals surface area contributed by atoms with Crippen LogP contribution in [0.1, 0.15) is 59.8 Å². The van der Waals surface area contributed by atoms with Gasteiger partial charge in [0.1, 0.15) is 0 Å². The lowest BCUT2D eigenvalue weighted by Crippen LogP contribution is -2.42. The summed E-state index contributed by atoms with van der Waals surface area (Å²) in [5, 5.41) is 8.73. The van der Waals surface area contributed by atoms with E-state index in [0.717, 1.165) is 36.3 Å². The van der Waals surface area contributed by atoms with Gasteiger partial charge in [0, 0.05) is 40.6 Å². The molecular formula is C23H34ClN5O2. The van der Waals surface area contributed by atoms with Crippen LogP contribution in [-0.4, -0.2) is 53.7 Å². The van der Waals surface area contributed by atoms with Crippen molar-refractivity contribution < 1.29 is 4.79 Å². The number of carbonyl (C=O) groups is 1. The van der Waals surface area contributed by atoms with Crippen LogP contribution in [0.25, 0.3) is 0 Å². The van der Waals surface area contributed by atoms with Crippen LogP contribution in [0, 0.1) is 13.8 Å². The topological polar surface area (TPSA) is 84.2 Å². The molecule has 8 heteroatoms. The third-order valence-electron chi connectivity index (χ3n) is 6.59. The van der Waals surface area contributed by atoms with E-state index in [1.54, 1.807) is 13.0 Å². The van der Waals surface area contributed by atoms with Crippen LogP contribution in [0.2, 0.25) is 5.02 Å². The van der Waals surface area contributed by atoms with Crippen molar-refractivity contribution >= 4 is 23.2 Å². The summed E-state index contributed by atoms with van der Waals surface area (Å²) in [6.07, 6.45) is 4.59. The van der Waals surface area contributed by atoms with E-state index in [0.29, 0.717) is 28.2 Å². The molecule has 3 rings (SSSR count). The first-order valence-electron chi connectivity index (χ1n) is 11.0. The van der Waals surface area contributed by atoms with Crippen molar-refractivity contribution in [3.8, 4) is 0 Å². The molecule has 1 amide bonds. The molecule has 0 saturated heterocycles. The normalized spacial score (nSPS) is 18.9. The van der Waals surface area contributed by atoms with Gasteiger partial charge in [-0.25, -0.2) is 0 Å². The number of H-pyrrole nitrogens is 2. The van der Waals surface area contributed by atoms with Gasteiger partial charge in [-0.1, -0.05) is 11.6 Å². The number of hydrogen-bond acceptors (Lipinski definition) is 4. The Labute approximate surface area is 189 Å². The van der Waals surface area contributed by atoms with Crippen LogP contribution < -0.4 is 15.8 Å². The van der Waals surface area contributed by atoms with Gasteiger partial charge in [0.25, 0.3) is 11.5 Å². The third kappa shape index (κ3) is 5.15. The lowest BCUT2D eigenvalue weighted by Gasteiger charge is -2.40. The van der Waals surface area contributed by atoms with Gasteiger partial charge in [-0.3, -0.25) is 14.7 Å². The van der Waals surface area contributed by atoms with Crippen LogP contribution in [-0.2, 0) is 6.54 Å². The average Bonchev–Trinajstić information content (AvgIpc) is 3.06. The summed E-state index contributed by atoms with van der Waals surface area (Å²) < 4.78 is 0. The standard InChI is InChI=1S/C23H34ClN5O2/c1-6-29(18-9-7-17(8-10-18)28(4)5)21-12-16(24)11-19(14(21)2)22(30)25-13-20-15(3)26-27-23(20)31/h11-12,17-18H,6-10,13H2,1-5H3,(H,25,30)(H2,26,27,31). The van der Waals surface area contributed by atoms with Gasteiger partial charge >= 0.3 is 0 Å². The van der Waals surface area contributed by atoms with E-state index in [4.69, 9.17) is 11.6 Å². The maximum atomic E-state index is 13.0. The average molecular weight is 448 g/mol. The van der Waals surface area contributed by atoms with Gasteiger partial charge in [-0.05, 0) is 78.2 Å². The Balaban J connectivity index is 1.80. The number of hydrogen-bond donors (Lipinski definition) is 3. The van der Waals surface area contributed by atoms with Crippen molar-refractivity contribution in [2.24, 2.45) is 0 Å². The number of rotatable bonds is 7. The molecule has 1 saturated carbocycles. The highest BCUT2D eigenvalue weighted by atomic mass is 35.5. The van der Waals surface area contributed by atoms with Crippen molar-refractivity contribution in [3.05, 3.63) is 49.9 Å². The zero-order chi connectivity index (χ0) is 22.7. The molecule has 1 aromatic carbocycles. The molecule has 1 aromatic heterocycles. The van der Waals surface area contributed by atoms with Crippen molar-refractivity contribution in [2.75, 3.05) is 25.5 Å². The van der Waals surface area contributed by atoms with Crippen molar-refractivity contribution in [3.63, 3.8) is 0 Å². The van der Waals surface area contributed by atoms with Crippen LogP contribution in [0.15, 0.2) is 16.9 Å². The zero-order valence-electron chi connectivity index (χ0n) is 19.1. The van der Waals surface area contributed by atoms with E-state index in [9.17, 15) is 9.59 Å². The maximum Gasteiger partial charge on any atom is 0.269 e. The predicted molar refractivity (Wildman–Crippen MR) is 126 cm³/mol. The Kier molecular flexibility index (Phi) is 7.49. The number of amides is 1. The first kappa shape index (κ1) is 23.4. The SMILES string of the molecule is CCN(c1cc(Cl)cc(C(=O)NCc2c(C)[nH][nH]c2=O)c1C)C1CCC(N(C)C)CC1. The van der Waals surface area contributed by atoms with Crippen LogP contribution >= 0.6 is 11.6 Å². The van der Waals surface area contributed by atoms with Gasteiger partial charge in [-0.2, -0.15) is 0 Å². The molecule has 0 unspecified atom stereocenters. The molecule has 3 N–H and O–H groups in total. The van der Waals surface area contributed by atoms with Crippen molar-refractivity contribution in [1.29, 1.82) is 0 Å². The molecule has 1 heterocycles. The van der Waals surface area contributed by atoms with Crippen LogP contribution in [0.3, 0.4) is 0 Å². The Morgan fingerprint density at radius 1 is 1.13 bits per heavy atom. The van der Waals surface area contributed by atoms with E-state index >= 15 is 0 Å². The van der Waals surface area contributed by atoms with Gasteiger partial charge in [-0.15, -0.1) is 0 Å². The molecule has 0 aliphatic heterocycles. The molecule has 0 atom stereocenters. The van der Waals surface area contributed by atoms with Gasteiger partial charge < -0.3 is 20.2 Å². The van der Waals surface area contributed by atoms with E-state index in [1.165, 1.54) is 12.8 Å². The summed E-state index contributed by atoms with van der Waals surface area (Å²) in [6, 6.07) is 4.75. The monoisotopic (exact) mass is 447 g/mol. The van der Waals surface area contributed by atoms with Gasteiger partial charge in [0.2, 0.25) is 0 Å².